The first-order valence-corrected chi connectivity index (χ1v) is 7.94. The molecule has 1 aromatic heterocycles. The van der Waals surface area contributed by atoms with E-state index in [-0.39, 0.29) is 24.8 Å². The lowest BCUT2D eigenvalue weighted by Gasteiger charge is -2.19. The molecule has 2 heterocycles. The molecule has 8 nitrogen and oxygen atoms in total. The number of urea groups is 1. The van der Waals surface area contributed by atoms with Gasteiger partial charge >= 0.3 is 6.03 Å². The quantitative estimate of drug-likeness (QED) is 0.696. The van der Waals surface area contributed by atoms with Crippen molar-refractivity contribution in [2.45, 2.75) is 37.6 Å². The molecule has 3 rings (SSSR count). The van der Waals surface area contributed by atoms with E-state index in [1.165, 1.54) is 6.20 Å². The van der Waals surface area contributed by atoms with E-state index in [1.54, 1.807) is 0 Å². The first-order chi connectivity index (χ1) is 10.5. The monoisotopic (exact) mass is 369 g/mol. The summed E-state index contributed by atoms with van der Waals surface area (Å²) < 4.78 is 0.640. The van der Waals surface area contributed by atoms with Gasteiger partial charge in [-0.25, -0.2) is 4.79 Å². The Labute approximate surface area is 135 Å². The van der Waals surface area contributed by atoms with Crippen molar-refractivity contribution < 1.29 is 14.4 Å². The zero-order chi connectivity index (χ0) is 15.7. The molecule has 3 N–H and O–H groups in total. The lowest BCUT2D eigenvalue weighted by molar-refractivity contribution is -0.131. The average molecular weight is 370 g/mol. The standard InChI is InChI=1S/C13H16BrN5O3/c14-8-7-15-18-10(8)16-9(20)3-6-19-11(21)13(17-12(19)22)4-1-2-5-13/h7H,1-6H2,(H,17,22)(H2,15,16,18,20). The average Bonchev–Trinajstić information content (AvgIpc) is 3.14. The van der Waals surface area contributed by atoms with Gasteiger partial charge in [0.05, 0.1) is 10.7 Å². The summed E-state index contributed by atoms with van der Waals surface area (Å²) in [6, 6.07) is -0.401. The van der Waals surface area contributed by atoms with Crippen molar-refractivity contribution in [3.05, 3.63) is 10.7 Å². The van der Waals surface area contributed by atoms with E-state index >= 15 is 0 Å². The number of imide groups is 1. The van der Waals surface area contributed by atoms with E-state index in [1.807, 2.05) is 0 Å². The molecule has 0 bridgehead atoms. The largest absolute Gasteiger partial charge is 0.325 e. The summed E-state index contributed by atoms with van der Waals surface area (Å²) in [6.07, 6.45) is 4.81. The van der Waals surface area contributed by atoms with Crippen LogP contribution in [-0.4, -0.2) is 45.0 Å². The van der Waals surface area contributed by atoms with Crippen molar-refractivity contribution >= 4 is 39.6 Å². The van der Waals surface area contributed by atoms with Gasteiger partial charge in [0.15, 0.2) is 0 Å². The molecule has 1 aromatic rings. The van der Waals surface area contributed by atoms with Crippen molar-refractivity contribution in [3.63, 3.8) is 0 Å². The van der Waals surface area contributed by atoms with Crippen molar-refractivity contribution in [1.29, 1.82) is 0 Å². The van der Waals surface area contributed by atoms with Crippen molar-refractivity contribution in [2.24, 2.45) is 0 Å². The van der Waals surface area contributed by atoms with Crippen LogP contribution in [0, 0.1) is 0 Å². The van der Waals surface area contributed by atoms with Gasteiger partial charge in [0.2, 0.25) is 5.91 Å². The van der Waals surface area contributed by atoms with Gasteiger partial charge in [0, 0.05) is 13.0 Å². The Morgan fingerprint density at radius 3 is 2.77 bits per heavy atom. The van der Waals surface area contributed by atoms with Crippen LogP contribution >= 0.6 is 15.9 Å². The van der Waals surface area contributed by atoms with E-state index in [0.717, 1.165) is 17.7 Å². The summed E-state index contributed by atoms with van der Waals surface area (Å²) >= 11 is 3.23. The van der Waals surface area contributed by atoms with Crippen molar-refractivity contribution in [1.82, 2.24) is 20.4 Å². The second-order valence-electron chi connectivity index (χ2n) is 5.57. The molecule has 1 saturated heterocycles. The number of nitrogens with zero attached hydrogens (tertiary/aromatic N) is 2. The van der Waals surface area contributed by atoms with Crippen LogP contribution in [0.25, 0.3) is 0 Å². The number of hydrogen-bond donors (Lipinski definition) is 3. The van der Waals surface area contributed by atoms with E-state index in [9.17, 15) is 14.4 Å². The second kappa shape index (κ2) is 5.71. The summed E-state index contributed by atoms with van der Waals surface area (Å²) in [4.78, 5) is 37.4. The van der Waals surface area contributed by atoms with Gasteiger partial charge < -0.3 is 10.6 Å². The van der Waals surface area contributed by atoms with Crippen molar-refractivity contribution in [2.75, 3.05) is 11.9 Å². The highest BCUT2D eigenvalue weighted by atomic mass is 79.9. The molecule has 118 valence electrons. The van der Waals surface area contributed by atoms with Crippen molar-refractivity contribution in [3.8, 4) is 0 Å². The fourth-order valence-electron chi connectivity index (χ4n) is 2.97. The first kappa shape index (κ1) is 15.0. The van der Waals surface area contributed by atoms with Crippen LogP contribution in [0.1, 0.15) is 32.1 Å². The van der Waals surface area contributed by atoms with Crippen LogP contribution in [0.3, 0.4) is 0 Å². The number of aromatic amines is 1. The van der Waals surface area contributed by atoms with Crippen LogP contribution in [0.2, 0.25) is 0 Å². The molecule has 1 aliphatic carbocycles. The Morgan fingerprint density at radius 1 is 1.41 bits per heavy atom. The van der Waals surface area contributed by atoms with E-state index in [4.69, 9.17) is 0 Å². The third-order valence-corrected chi connectivity index (χ3v) is 4.72. The molecule has 1 aliphatic heterocycles. The summed E-state index contributed by atoms with van der Waals surface area (Å²) in [5.74, 6) is -0.0436. The molecule has 0 atom stereocenters. The maximum atomic E-state index is 12.4. The highest BCUT2D eigenvalue weighted by Gasteiger charge is 2.52. The van der Waals surface area contributed by atoms with E-state index in [2.05, 4.69) is 36.8 Å². The lowest BCUT2D eigenvalue weighted by atomic mass is 9.98. The molecule has 1 spiro atoms. The highest BCUT2D eigenvalue weighted by Crippen LogP contribution is 2.35. The number of carbonyl (C=O) groups is 3. The number of halogens is 1. The van der Waals surface area contributed by atoms with E-state index in [0.29, 0.717) is 23.1 Å². The normalized spacial score (nSPS) is 19.8. The molecule has 0 unspecified atom stereocenters. The Bertz CT molecular complexity index is 623. The molecule has 1 saturated carbocycles. The number of hydrogen-bond acceptors (Lipinski definition) is 4. The summed E-state index contributed by atoms with van der Waals surface area (Å²) in [5, 5.41) is 11.8. The molecule has 4 amide bonds. The van der Waals surface area contributed by atoms with Crippen LogP contribution in [0.4, 0.5) is 10.6 Å². The molecule has 9 heteroatoms. The SMILES string of the molecule is O=C(CCN1C(=O)NC2(CCCC2)C1=O)Nc1[nH]ncc1Br. The molecular weight excluding hydrogens is 354 g/mol. The van der Waals surface area contributed by atoms with Gasteiger partial charge in [-0.2, -0.15) is 5.10 Å². The Kier molecular flexibility index (Phi) is 3.90. The van der Waals surface area contributed by atoms with Crippen LogP contribution < -0.4 is 10.6 Å². The third kappa shape index (κ3) is 2.60. The number of nitrogens with one attached hydrogen (secondary N) is 3. The summed E-state index contributed by atoms with van der Waals surface area (Å²) in [6.45, 7) is 0.0734. The number of amides is 4. The lowest BCUT2D eigenvalue weighted by Crippen LogP contribution is -2.44. The van der Waals surface area contributed by atoms with Gasteiger partial charge in [0.25, 0.3) is 5.91 Å². The zero-order valence-electron chi connectivity index (χ0n) is 11.8. The second-order valence-corrected chi connectivity index (χ2v) is 6.42. The predicted octanol–water partition coefficient (Wildman–Crippen LogP) is 1.37. The third-order valence-electron chi connectivity index (χ3n) is 4.12. The van der Waals surface area contributed by atoms with Gasteiger partial charge in [-0.15, -0.1) is 0 Å². The molecule has 0 radical (unpaired) electrons. The Morgan fingerprint density at radius 2 is 2.14 bits per heavy atom. The van der Waals surface area contributed by atoms with Gasteiger partial charge in [0.1, 0.15) is 11.4 Å². The van der Waals surface area contributed by atoms with Crippen LogP contribution in [0.15, 0.2) is 10.7 Å². The Balaban J connectivity index is 1.57. The minimum absolute atomic E-state index is 0.0424. The number of carbonyl (C=O) groups excluding carboxylic acids is 3. The molecule has 2 fully saturated rings. The highest BCUT2D eigenvalue weighted by molar-refractivity contribution is 9.10. The number of rotatable bonds is 4. The maximum Gasteiger partial charge on any atom is 0.325 e. The van der Waals surface area contributed by atoms with Gasteiger partial charge in [-0.05, 0) is 28.8 Å². The van der Waals surface area contributed by atoms with Crippen LogP contribution in [0.5, 0.6) is 0 Å². The number of aromatic nitrogens is 2. The molecular formula is C13H16BrN5O3. The molecule has 2 aliphatic rings. The predicted molar refractivity (Wildman–Crippen MR) is 81.0 cm³/mol. The van der Waals surface area contributed by atoms with Gasteiger partial charge in [-0.1, -0.05) is 12.8 Å². The molecule has 0 aromatic carbocycles. The Hall–Kier alpha value is -1.90. The topological polar surface area (TPSA) is 107 Å². The minimum Gasteiger partial charge on any atom is -0.323 e. The summed E-state index contributed by atoms with van der Waals surface area (Å²) in [5.41, 5.74) is -0.722. The zero-order valence-corrected chi connectivity index (χ0v) is 13.4. The van der Waals surface area contributed by atoms with Crippen LogP contribution in [-0.2, 0) is 9.59 Å². The number of anilines is 1. The fraction of sp³-hybridized carbons (Fsp3) is 0.538. The van der Waals surface area contributed by atoms with E-state index < -0.39 is 11.6 Å². The smallest absolute Gasteiger partial charge is 0.323 e. The molecule has 22 heavy (non-hydrogen) atoms. The first-order valence-electron chi connectivity index (χ1n) is 7.15. The fourth-order valence-corrected chi connectivity index (χ4v) is 3.26. The van der Waals surface area contributed by atoms with Gasteiger partial charge in [-0.3, -0.25) is 19.6 Å². The number of H-pyrrole nitrogens is 1. The minimum atomic E-state index is -0.722. The summed E-state index contributed by atoms with van der Waals surface area (Å²) in [7, 11) is 0. The maximum absolute atomic E-state index is 12.4.